The molecule has 1 aromatic carbocycles. The zero-order valence-electron chi connectivity index (χ0n) is 10.4. The van der Waals surface area contributed by atoms with Gasteiger partial charge in [0.1, 0.15) is 5.82 Å². The van der Waals surface area contributed by atoms with E-state index in [1.54, 1.807) is 25.1 Å². The minimum atomic E-state index is -4.78. The number of hydrogen-bond donors (Lipinski definition) is 0. The van der Waals surface area contributed by atoms with Crippen LogP contribution in [0.3, 0.4) is 0 Å². The molecule has 0 spiro atoms. The van der Waals surface area contributed by atoms with Gasteiger partial charge in [0.15, 0.2) is 0 Å². The summed E-state index contributed by atoms with van der Waals surface area (Å²) in [6, 6.07) is 5.00. The number of hydrogen-bond acceptors (Lipinski definition) is 0. The van der Waals surface area contributed by atoms with E-state index in [-0.39, 0.29) is 76.5 Å². The number of aryl methyl sites for hydroxylation is 1. The minimum absolute atomic E-state index is 0. The summed E-state index contributed by atoms with van der Waals surface area (Å²) in [7, 11) is 0. The normalized spacial score (nSPS) is 33.2. The standard InChI is InChI=1S/C12H12BF4.K/c1-8-3-2-4-9(10(8)14)11-5-12(6-11,7-11)13(15,16)17;/h2-4H,5-7H2,1H3;/q-1;+1. The van der Waals surface area contributed by atoms with E-state index in [1.807, 2.05) is 0 Å². The van der Waals surface area contributed by atoms with Gasteiger partial charge in [-0.2, -0.15) is 0 Å². The average Bonchev–Trinajstić information content (AvgIpc) is 2.05. The second kappa shape index (κ2) is 4.32. The molecule has 3 aliphatic rings. The molecular formula is C12H12BF4K. The Morgan fingerprint density at radius 2 is 1.67 bits per heavy atom. The van der Waals surface area contributed by atoms with E-state index in [9.17, 15) is 17.3 Å². The molecule has 1 aromatic rings. The van der Waals surface area contributed by atoms with Crippen molar-refractivity contribution in [2.45, 2.75) is 36.9 Å². The molecule has 0 atom stereocenters. The van der Waals surface area contributed by atoms with Gasteiger partial charge in [0.05, 0.1) is 0 Å². The van der Waals surface area contributed by atoms with Crippen LogP contribution in [-0.4, -0.2) is 6.98 Å². The Kier molecular flexibility index (Phi) is 3.61. The van der Waals surface area contributed by atoms with Crippen LogP contribution in [0.25, 0.3) is 0 Å². The molecule has 4 rings (SSSR count). The van der Waals surface area contributed by atoms with Gasteiger partial charge in [0.25, 0.3) is 0 Å². The molecule has 0 aliphatic heterocycles. The van der Waals surface area contributed by atoms with Crippen molar-refractivity contribution in [1.29, 1.82) is 0 Å². The summed E-state index contributed by atoms with van der Waals surface area (Å²) in [6.45, 7) is -3.13. The van der Waals surface area contributed by atoms with Crippen molar-refractivity contribution in [2.24, 2.45) is 0 Å². The van der Waals surface area contributed by atoms with Crippen LogP contribution in [0, 0.1) is 12.7 Å². The average molecular weight is 282 g/mol. The first-order valence-electron chi connectivity index (χ1n) is 5.75. The molecule has 0 radical (unpaired) electrons. The van der Waals surface area contributed by atoms with Gasteiger partial charge < -0.3 is 12.9 Å². The number of benzene rings is 1. The van der Waals surface area contributed by atoms with E-state index in [2.05, 4.69) is 0 Å². The minimum Gasteiger partial charge on any atom is -0.449 e. The van der Waals surface area contributed by atoms with Gasteiger partial charge in [0.2, 0.25) is 0 Å². The monoisotopic (exact) mass is 282 g/mol. The van der Waals surface area contributed by atoms with Crippen LogP contribution in [0.1, 0.15) is 30.4 Å². The molecule has 3 saturated carbocycles. The molecule has 0 nitrogen and oxygen atoms in total. The Morgan fingerprint density at radius 3 is 2.17 bits per heavy atom. The summed E-state index contributed by atoms with van der Waals surface area (Å²) in [5.74, 6) is -0.324. The fourth-order valence-corrected chi connectivity index (χ4v) is 3.56. The molecule has 0 N–H and O–H groups in total. The molecule has 2 bridgehead atoms. The predicted octanol–water partition coefficient (Wildman–Crippen LogP) is 1.16. The zero-order chi connectivity index (χ0) is 12.5. The fraction of sp³-hybridized carbons (Fsp3) is 0.500. The molecule has 0 unspecified atom stereocenters. The maximum atomic E-state index is 13.9. The van der Waals surface area contributed by atoms with Crippen LogP contribution < -0.4 is 51.4 Å². The molecule has 0 heterocycles. The topological polar surface area (TPSA) is 0 Å². The third kappa shape index (κ3) is 1.79. The summed E-state index contributed by atoms with van der Waals surface area (Å²) in [5.41, 5.74) is 0.478. The van der Waals surface area contributed by atoms with Crippen molar-refractivity contribution in [3.63, 3.8) is 0 Å². The van der Waals surface area contributed by atoms with Crippen molar-refractivity contribution in [3.8, 4) is 0 Å². The van der Waals surface area contributed by atoms with Crippen molar-refractivity contribution in [2.75, 3.05) is 0 Å². The molecular weight excluding hydrogens is 270 g/mol. The Balaban J connectivity index is 0.00000120. The van der Waals surface area contributed by atoms with Crippen molar-refractivity contribution in [1.82, 2.24) is 0 Å². The first kappa shape index (κ1) is 15.0. The van der Waals surface area contributed by atoms with Crippen LogP contribution >= 0.6 is 0 Å². The van der Waals surface area contributed by atoms with Gasteiger partial charge in [-0.05, 0) is 23.5 Å². The quantitative estimate of drug-likeness (QED) is 0.564. The Bertz CT molecular complexity index is 478. The van der Waals surface area contributed by atoms with Gasteiger partial charge in [-0.15, -0.1) is 0 Å². The van der Waals surface area contributed by atoms with Gasteiger partial charge in [-0.25, -0.2) is 4.39 Å². The van der Waals surface area contributed by atoms with Gasteiger partial charge in [-0.1, -0.05) is 42.8 Å². The second-order valence-electron chi connectivity index (χ2n) is 5.68. The maximum Gasteiger partial charge on any atom is 1.00 e. The SMILES string of the molecule is Cc1cccc(C23CC([B-](F)(F)F)(C2)C3)c1F.[K+]. The van der Waals surface area contributed by atoms with E-state index in [1.165, 1.54) is 0 Å². The van der Waals surface area contributed by atoms with E-state index in [0.717, 1.165) is 0 Å². The Hall–Kier alpha value is 0.641. The first-order valence-corrected chi connectivity index (χ1v) is 5.75. The Labute approximate surface area is 146 Å². The van der Waals surface area contributed by atoms with E-state index >= 15 is 0 Å². The molecule has 92 valence electrons. The summed E-state index contributed by atoms with van der Waals surface area (Å²) >= 11 is 0. The van der Waals surface area contributed by atoms with Crippen LogP contribution in [0.2, 0.25) is 5.31 Å². The fourth-order valence-electron chi connectivity index (χ4n) is 3.56. The summed E-state index contributed by atoms with van der Waals surface area (Å²) in [5, 5.41) is -1.45. The third-order valence-corrected chi connectivity index (χ3v) is 4.53. The third-order valence-electron chi connectivity index (χ3n) is 4.53. The molecule has 3 fully saturated rings. The number of halogens is 4. The summed E-state index contributed by atoms with van der Waals surface area (Å²) in [6.07, 6.45) is 0.262. The summed E-state index contributed by atoms with van der Waals surface area (Å²) < 4.78 is 52.2. The first-order chi connectivity index (χ1) is 7.80. The van der Waals surface area contributed by atoms with E-state index in [4.69, 9.17) is 0 Å². The van der Waals surface area contributed by atoms with E-state index in [0.29, 0.717) is 11.1 Å². The van der Waals surface area contributed by atoms with Crippen LogP contribution in [0.5, 0.6) is 0 Å². The van der Waals surface area contributed by atoms with Gasteiger partial charge in [-0.3, -0.25) is 0 Å². The molecule has 0 aromatic heterocycles. The molecule has 0 saturated heterocycles. The van der Waals surface area contributed by atoms with Crippen molar-refractivity contribution < 1.29 is 68.7 Å². The van der Waals surface area contributed by atoms with Crippen LogP contribution in [0.4, 0.5) is 17.3 Å². The van der Waals surface area contributed by atoms with Crippen LogP contribution in [-0.2, 0) is 5.41 Å². The van der Waals surface area contributed by atoms with Crippen molar-refractivity contribution in [3.05, 3.63) is 35.1 Å². The Morgan fingerprint density at radius 1 is 1.11 bits per heavy atom. The molecule has 0 amide bonds. The van der Waals surface area contributed by atoms with Gasteiger partial charge in [0, 0.05) is 0 Å². The van der Waals surface area contributed by atoms with E-state index < -0.39 is 17.7 Å². The number of rotatable bonds is 2. The largest absolute Gasteiger partial charge is 1.00 e. The summed E-state index contributed by atoms with van der Waals surface area (Å²) in [4.78, 5) is 0. The maximum absolute atomic E-state index is 13.9. The molecule has 18 heavy (non-hydrogen) atoms. The second-order valence-corrected chi connectivity index (χ2v) is 5.68. The van der Waals surface area contributed by atoms with Crippen LogP contribution in [0.15, 0.2) is 18.2 Å². The molecule has 3 aliphatic carbocycles. The van der Waals surface area contributed by atoms with Crippen molar-refractivity contribution >= 4 is 6.98 Å². The molecule has 6 heteroatoms. The van der Waals surface area contributed by atoms with Gasteiger partial charge >= 0.3 is 58.4 Å². The smallest absolute Gasteiger partial charge is 0.449 e. The zero-order valence-corrected chi connectivity index (χ0v) is 13.6. The predicted molar refractivity (Wildman–Crippen MR) is 58.4 cm³/mol.